The quantitative estimate of drug-likeness (QED) is 0.557. The summed E-state index contributed by atoms with van der Waals surface area (Å²) in [6, 6.07) is 2.04. The number of piperidine rings is 1. The molecule has 0 aliphatic carbocycles. The van der Waals surface area contributed by atoms with Gasteiger partial charge in [-0.15, -0.1) is 0 Å². The van der Waals surface area contributed by atoms with Crippen molar-refractivity contribution in [3.63, 3.8) is 0 Å². The second-order valence-electron chi connectivity index (χ2n) is 7.33. The highest BCUT2D eigenvalue weighted by Gasteiger charge is 2.32. The summed E-state index contributed by atoms with van der Waals surface area (Å²) in [5, 5.41) is 9.53. The van der Waals surface area contributed by atoms with E-state index in [0.29, 0.717) is 27.3 Å². The molecule has 2 saturated heterocycles. The second-order valence-corrected chi connectivity index (χ2v) is 9.01. The van der Waals surface area contributed by atoms with E-state index in [9.17, 15) is 14.9 Å². The first-order valence-corrected chi connectivity index (χ1v) is 10.7. The van der Waals surface area contributed by atoms with Crippen molar-refractivity contribution >= 4 is 46.1 Å². The van der Waals surface area contributed by atoms with Gasteiger partial charge in [-0.3, -0.25) is 19.1 Å². The highest BCUT2D eigenvalue weighted by Crippen LogP contribution is 2.36. The molecule has 0 radical (unpaired) electrons. The summed E-state index contributed by atoms with van der Waals surface area (Å²) in [4.78, 5) is 29.8. The molecule has 148 valence electrons. The fraction of sp³-hybridized carbons (Fsp3) is 0.500. The molecule has 8 heteroatoms. The van der Waals surface area contributed by atoms with Gasteiger partial charge in [0.1, 0.15) is 21.8 Å². The van der Waals surface area contributed by atoms with E-state index in [1.807, 2.05) is 13.0 Å². The molecule has 2 aliphatic rings. The van der Waals surface area contributed by atoms with Crippen LogP contribution in [-0.4, -0.2) is 39.3 Å². The van der Waals surface area contributed by atoms with Crippen LogP contribution < -0.4 is 10.5 Å². The maximum absolute atomic E-state index is 12.8. The Labute approximate surface area is 174 Å². The van der Waals surface area contributed by atoms with E-state index in [0.717, 1.165) is 37.3 Å². The van der Waals surface area contributed by atoms with Gasteiger partial charge in [0.05, 0.1) is 4.91 Å². The summed E-state index contributed by atoms with van der Waals surface area (Å²) in [6.07, 6.45) is 4.01. The number of carbonyl (C=O) groups excluding carboxylic acids is 1. The maximum atomic E-state index is 12.8. The minimum atomic E-state index is -0.300. The Morgan fingerprint density at radius 2 is 2.11 bits per heavy atom. The Morgan fingerprint density at radius 1 is 1.39 bits per heavy atom. The van der Waals surface area contributed by atoms with Crippen LogP contribution >= 0.6 is 24.0 Å². The first kappa shape index (κ1) is 20.6. The number of carbonyl (C=O) groups is 1. The molecule has 0 N–H and O–H groups in total. The number of rotatable bonds is 3. The molecule has 1 atom stereocenters. The minimum Gasteiger partial charge on any atom is -0.357 e. The number of likely N-dealkylation sites (N-methyl/N-ethyl adjacent to an activating group) is 1. The predicted octanol–water partition coefficient (Wildman–Crippen LogP) is 3.02. The highest BCUT2D eigenvalue weighted by molar-refractivity contribution is 8.26. The molecule has 1 amide bonds. The van der Waals surface area contributed by atoms with E-state index in [1.54, 1.807) is 29.5 Å². The molecular weight excluding hydrogens is 392 g/mol. The van der Waals surface area contributed by atoms with Gasteiger partial charge in [-0.05, 0) is 44.2 Å². The average molecular weight is 417 g/mol. The third-order valence-electron chi connectivity index (χ3n) is 5.39. The Hall–Kier alpha value is -2.11. The summed E-state index contributed by atoms with van der Waals surface area (Å²) in [6.45, 7) is 8.08. The number of nitrogens with zero attached hydrogens (tertiary/aromatic N) is 4. The molecular formula is C20H24N4O2S2. The molecule has 0 saturated carbocycles. The number of hydrogen-bond acceptors (Lipinski definition) is 6. The summed E-state index contributed by atoms with van der Waals surface area (Å²) in [7, 11) is 1.70. The molecule has 1 aromatic rings. The average Bonchev–Trinajstić information content (AvgIpc) is 2.93. The van der Waals surface area contributed by atoms with Gasteiger partial charge in [-0.2, -0.15) is 5.26 Å². The van der Waals surface area contributed by atoms with Crippen molar-refractivity contribution in [2.24, 2.45) is 13.0 Å². The van der Waals surface area contributed by atoms with E-state index in [1.165, 1.54) is 11.8 Å². The minimum absolute atomic E-state index is 0.119. The van der Waals surface area contributed by atoms with Crippen molar-refractivity contribution in [1.82, 2.24) is 9.47 Å². The van der Waals surface area contributed by atoms with Gasteiger partial charge in [0.2, 0.25) is 0 Å². The Bertz CT molecular complexity index is 974. The van der Waals surface area contributed by atoms with Gasteiger partial charge in [-0.1, -0.05) is 30.9 Å². The van der Waals surface area contributed by atoms with E-state index in [-0.39, 0.29) is 17.0 Å². The molecule has 1 unspecified atom stereocenters. The lowest BCUT2D eigenvalue weighted by Gasteiger charge is -2.35. The van der Waals surface area contributed by atoms with Crippen molar-refractivity contribution in [3.8, 4) is 6.07 Å². The zero-order valence-electron chi connectivity index (χ0n) is 16.6. The first-order valence-electron chi connectivity index (χ1n) is 9.44. The largest absolute Gasteiger partial charge is 0.357 e. The number of hydrogen-bond donors (Lipinski definition) is 0. The van der Waals surface area contributed by atoms with Crippen molar-refractivity contribution < 1.29 is 4.79 Å². The van der Waals surface area contributed by atoms with E-state index >= 15 is 0 Å². The van der Waals surface area contributed by atoms with Gasteiger partial charge in [0.15, 0.2) is 0 Å². The molecule has 6 nitrogen and oxygen atoms in total. The first-order chi connectivity index (χ1) is 13.3. The summed E-state index contributed by atoms with van der Waals surface area (Å²) in [5.41, 5.74) is 1.19. The number of thiocarbonyl (C=S) groups is 1. The van der Waals surface area contributed by atoms with Gasteiger partial charge in [0, 0.05) is 32.2 Å². The second kappa shape index (κ2) is 8.10. The Balaban J connectivity index is 2.22. The van der Waals surface area contributed by atoms with E-state index in [2.05, 4.69) is 11.8 Å². The highest BCUT2D eigenvalue weighted by atomic mass is 32.2. The van der Waals surface area contributed by atoms with Crippen molar-refractivity contribution in [3.05, 3.63) is 31.9 Å². The van der Waals surface area contributed by atoms with Gasteiger partial charge < -0.3 is 4.90 Å². The monoisotopic (exact) mass is 416 g/mol. The maximum Gasteiger partial charge on any atom is 0.270 e. The molecule has 2 aliphatic heterocycles. The van der Waals surface area contributed by atoms with Gasteiger partial charge in [0.25, 0.3) is 11.5 Å². The molecule has 3 rings (SSSR count). The normalized spacial score (nSPS) is 21.5. The lowest BCUT2D eigenvalue weighted by Crippen LogP contribution is -2.39. The van der Waals surface area contributed by atoms with Gasteiger partial charge in [-0.25, -0.2) is 0 Å². The molecule has 3 heterocycles. The van der Waals surface area contributed by atoms with E-state index < -0.39 is 0 Å². The summed E-state index contributed by atoms with van der Waals surface area (Å²) >= 11 is 6.59. The van der Waals surface area contributed by atoms with Crippen molar-refractivity contribution in [2.45, 2.75) is 33.6 Å². The predicted molar refractivity (Wildman–Crippen MR) is 117 cm³/mol. The molecule has 0 spiro atoms. The number of nitriles is 1. The van der Waals surface area contributed by atoms with Crippen LogP contribution in [0, 0.1) is 24.2 Å². The Kier molecular flexibility index (Phi) is 5.96. The number of pyridine rings is 1. The third kappa shape index (κ3) is 3.49. The SMILES string of the molecule is CCN1C(=O)/C(=C\c2c(C)c(C#N)c(=O)n(C)c2N2CCCC(C)C2)SC1=S. The smallest absolute Gasteiger partial charge is 0.270 e. The molecule has 28 heavy (non-hydrogen) atoms. The van der Waals surface area contributed by atoms with Crippen molar-refractivity contribution in [2.75, 3.05) is 24.5 Å². The molecule has 0 aromatic carbocycles. The standard InChI is InChI=1S/C20H24N4O2S2/c1-5-24-19(26)16(28-20(24)27)9-14-13(3)15(10-21)18(25)22(4)17(14)23-8-6-7-12(2)11-23/h9,12H,5-8,11H2,1-4H3/b16-9+. The van der Waals surface area contributed by atoms with Crippen LogP contribution in [0.2, 0.25) is 0 Å². The molecule has 2 fully saturated rings. The number of amides is 1. The third-order valence-corrected chi connectivity index (χ3v) is 6.77. The van der Waals surface area contributed by atoms with Crippen molar-refractivity contribution in [1.29, 1.82) is 5.26 Å². The molecule has 1 aromatic heterocycles. The zero-order chi connectivity index (χ0) is 20.6. The number of aromatic nitrogens is 1. The Morgan fingerprint density at radius 3 is 2.68 bits per heavy atom. The summed E-state index contributed by atoms with van der Waals surface area (Å²) in [5.74, 6) is 1.17. The number of thioether (sulfide) groups is 1. The van der Waals surface area contributed by atoms with Crippen LogP contribution in [0.3, 0.4) is 0 Å². The van der Waals surface area contributed by atoms with Crippen LogP contribution in [0.5, 0.6) is 0 Å². The lowest BCUT2D eigenvalue weighted by molar-refractivity contribution is -0.121. The van der Waals surface area contributed by atoms with Crippen LogP contribution in [0.15, 0.2) is 9.70 Å². The number of anilines is 1. The lowest BCUT2D eigenvalue weighted by atomic mass is 9.98. The topological polar surface area (TPSA) is 69.3 Å². The zero-order valence-corrected chi connectivity index (χ0v) is 18.2. The van der Waals surface area contributed by atoms with Crippen LogP contribution in [0.4, 0.5) is 5.82 Å². The fourth-order valence-corrected chi connectivity index (χ4v) is 5.25. The summed E-state index contributed by atoms with van der Waals surface area (Å²) < 4.78 is 2.09. The van der Waals surface area contributed by atoms with Crippen LogP contribution in [-0.2, 0) is 11.8 Å². The van der Waals surface area contributed by atoms with Crippen LogP contribution in [0.25, 0.3) is 6.08 Å². The van der Waals surface area contributed by atoms with Gasteiger partial charge >= 0.3 is 0 Å². The van der Waals surface area contributed by atoms with Crippen LogP contribution in [0.1, 0.15) is 43.4 Å². The fourth-order valence-electron chi connectivity index (χ4n) is 3.88. The van der Waals surface area contributed by atoms with E-state index in [4.69, 9.17) is 12.2 Å². The molecule has 0 bridgehead atoms.